The first kappa shape index (κ1) is 13.2. The van der Waals surface area contributed by atoms with Crippen LogP contribution in [0, 0.1) is 0 Å². The molecule has 0 spiro atoms. The second kappa shape index (κ2) is 5.61. The summed E-state index contributed by atoms with van der Waals surface area (Å²) in [6, 6.07) is 1.71. The van der Waals surface area contributed by atoms with Crippen molar-refractivity contribution < 1.29 is 4.79 Å². The van der Waals surface area contributed by atoms with Gasteiger partial charge in [0.1, 0.15) is 5.69 Å². The quantitative estimate of drug-likeness (QED) is 0.797. The molecule has 1 aromatic rings. The number of rotatable bonds is 3. The Hall–Kier alpha value is -1.23. The zero-order valence-corrected chi connectivity index (χ0v) is 11.1. The van der Waals surface area contributed by atoms with Gasteiger partial charge in [-0.2, -0.15) is 0 Å². The number of hydrogen-bond donors (Lipinski definition) is 3. The van der Waals surface area contributed by atoms with Gasteiger partial charge in [-0.25, -0.2) is 0 Å². The number of carbonyl (C=O) groups is 1. The Labute approximate surface area is 115 Å². The predicted octanol–water partition coefficient (Wildman–Crippen LogP) is 2.27. The number of halogens is 2. The van der Waals surface area contributed by atoms with E-state index in [2.05, 4.69) is 10.3 Å². The molecule has 1 heterocycles. The van der Waals surface area contributed by atoms with E-state index in [1.54, 1.807) is 12.1 Å². The maximum atomic E-state index is 11.8. The Balaban J connectivity index is 2.31. The van der Waals surface area contributed by atoms with Gasteiger partial charge in [-0.15, -0.1) is 0 Å². The fraction of sp³-hybridized carbons (Fsp3) is 0.250. The summed E-state index contributed by atoms with van der Waals surface area (Å²) in [6.45, 7) is 0.835. The van der Waals surface area contributed by atoms with E-state index in [1.807, 2.05) is 6.08 Å². The van der Waals surface area contributed by atoms with E-state index >= 15 is 0 Å². The van der Waals surface area contributed by atoms with Crippen molar-refractivity contribution in [3.63, 3.8) is 0 Å². The molecule has 2 rings (SSSR count). The summed E-state index contributed by atoms with van der Waals surface area (Å²) in [5, 5.41) is 3.95. The van der Waals surface area contributed by atoms with E-state index in [0.29, 0.717) is 35.3 Å². The topological polar surface area (TPSA) is 70.9 Å². The van der Waals surface area contributed by atoms with Gasteiger partial charge in [-0.05, 0) is 12.1 Å². The first-order chi connectivity index (χ1) is 8.61. The largest absolute Gasteiger partial charge is 0.350 e. The Morgan fingerprint density at radius 1 is 1.50 bits per heavy atom. The second-order valence-electron chi connectivity index (χ2n) is 3.90. The van der Waals surface area contributed by atoms with Gasteiger partial charge in [0.05, 0.1) is 0 Å². The van der Waals surface area contributed by atoms with Crippen molar-refractivity contribution in [3.8, 4) is 0 Å². The molecule has 1 aliphatic carbocycles. The van der Waals surface area contributed by atoms with Crippen LogP contribution in [-0.4, -0.2) is 24.0 Å². The fourth-order valence-electron chi connectivity index (χ4n) is 1.70. The van der Waals surface area contributed by atoms with Crippen LogP contribution < -0.4 is 11.1 Å². The highest BCUT2D eigenvalue weighted by molar-refractivity contribution is 6.49. The lowest BCUT2D eigenvalue weighted by Crippen LogP contribution is -2.29. The van der Waals surface area contributed by atoms with Crippen molar-refractivity contribution in [1.29, 1.82) is 0 Å². The van der Waals surface area contributed by atoms with E-state index in [4.69, 9.17) is 28.9 Å². The minimum atomic E-state index is -0.206. The van der Waals surface area contributed by atoms with Crippen LogP contribution in [0.15, 0.2) is 17.2 Å². The monoisotopic (exact) mass is 285 g/mol. The molecule has 1 aromatic heterocycles. The highest BCUT2D eigenvalue weighted by Crippen LogP contribution is 2.31. The lowest BCUT2D eigenvalue weighted by Gasteiger charge is -2.00. The van der Waals surface area contributed by atoms with Gasteiger partial charge >= 0.3 is 0 Å². The van der Waals surface area contributed by atoms with E-state index in [1.165, 1.54) is 0 Å². The molecular formula is C12H13Cl2N3O. The van der Waals surface area contributed by atoms with Gasteiger partial charge in [0.2, 0.25) is 0 Å². The van der Waals surface area contributed by atoms with Crippen LogP contribution in [0.1, 0.15) is 28.2 Å². The summed E-state index contributed by atoms with van der Waals surface area (Å²) >= 11 is 12.1. The summed E-state index contributed by atoms with van der Waals surface area (Å²) < 4.78 is 0. The number of fused-ring (bicyclic) bond motifs is 1. The maximum absolute atomic E-state index is 11.8. The Bertz CT molecular complexity index is 531. The molecule has 96 valence electrons. The molecule has 0 saturated carbocycles. The Morgan fingerprint density at radius 3 is 3.00 bits per heavy atom. The van der Waals surface area contributed by atoms with E-state index in [9.17, 15) is 4.79 Å². The first-order valence-corrected chi connectivity index (χ1v) is 6.30. The molecule has 4 nitrogen and oxygen atoms in total. The third-order valence-corrected chi connectivity index (χ3v) is 3.18. The number of amides is 1. The molecular weight excluding hydrogens is 273 g/mol. The van der Waals surface area contributed by atoms with Crippen molar-refractivity contribution in [2.75, 3.05) is 13.1 Å². The van der Waals surface area contributed by atoms with Gasteiger partial charge in [0.15, 0.2) is 0 Å². The van der Waals surface area contributed by atoms with Crippen LogP contribution >= 0.6 is 23.2 Å². The highest BCUT2D eigenvalue weighted by atomic mass is 35.5. The fourth-order valence-corrected chi connectivity index (χ4v) is 2.12. The molecule has 0 saturated heterocycles. The summed E-state index contributed by atoms with van der Waals surface area (Å²) in [7, 11) is 0. The van der Waals surface area contributed by atoms with Crippen LogP contribution in [0.2, 0.25) is 0 Å². The smallest absolute Gasteiger partial charge is 0.267 e. The first-order valence-electron chi connectivity index (χ1n) is 5.55. The van der Waals surface area contributed by atoms with Gasteiger partial charge in [0.25, 0.3) is 5.91 Å². The van der Waals surface area contributed by atoms with Crippen molar-refractivity contribution in [2.45, 2.75) is 6.42 Å². The molecule has 1 amide bonds. The average molecular weight is 286 g/mol. The summed E-state index contributed by atoms with van der Waals surface area (Å²) in [4.78, 5) is 14.8. The zero-order valence-electron chi connectivity index (χ0n) is 9.59. The number of allylic oxidation sites excluding steroid dienone is 2. The SMILES string of the molecule is NCCNC(=O)c1cc2c([nH]1)C=C(Cl)CC=C2Cl. The van der Waals surface area contributed by atoms with Crippen LogP contribution in [-0.2, 0) is 0 Å². The zero-order chi connectivity index (χ0) is 13.1. The molecule has 0 fully saturated rings. The molecule has 6 heteroatoms. The minimum absolute atomic E-state index is 0.206. The molecule has 0 aliphatic heterocycles. The predicted molar refractivity (Wildman–Crippen MR) is 74.5 cm³/mol. The van der Waals surface area contributed by atoms with E-state index in [-0.39, 0.29) is 5.91 Å². The summed E-state index contributed by atoms with van der Waals surface area (Å²) in [6.07, 6.45) is 4.20. The average Bonchev–Trinajstić information content (AvgIpc) is 2.71. The number of aromatic amines is 1. The van der Waals surface area contributed by atoms with E-state index in [0.717, 1.165) is 11.3 Å². The lowest BCUT2D eigenvalue weighted by molar-refractivity contribution is 0.0950. The Kier molecular flexibility index (Phi) is 4.11. The van der Waals surface area contributed by atoms with Crippen molar-refractivity contribution >= 4 is 40.2 Å². The standard InChI is InChI=1S/C12H13Cl2N3O/c13-7-1-2-9(14)8-6-11(17-10(8)5-7)12(18)16-4-3-15/h2,5-6,17H,1,3-4,15H2,(H,16,18). The van der Waals surface area contributed by atoms with Crippen LogP contribution in [0.5, 0.6) is 0 Å². The molecule has 1 aliphatic rings. The molecule has 0 radical (unpaired) electrons. The molecule has 0 atom stereocenters. The third-order valence-electron chi connectivity index (χ3n) is 2.56. The number of aromatic nitrogens is 1. The Morgan fingerprint density at radius 2 is 2.28 bits per heavy atom. The maximum Gasteiger partial charge on any atom is 0.267 e. The van der Waals surface area contributed by atoms with Gasteiger partial charge in [0, 0.05) is 40.8 Å². The van der Waals surface area contributed by atoms with Crippen molar-refractivity contribution in [3.05, 3.63) is 34.1 Å². The molecule has 0 bridgehead atoms. The van der Waals surface area contributed by atoms with Gasteiger partial charge in [-0.1, -0.05) is 29.3 Å². The molecule has 4 N–H and O–H groups in total. The van der Waals surface area contributed by atoms with Crippen molar-refractivity contribution in [2.24, 2.45) is 5.73 Å². The molecule has 18 heavy (non-hydrogen) atoms. The van der Waals surface area contributed by atoms with E-state index < -0.39 is 0 Å². The number of H-pyrrole nitrogens is 1. The molecule has 0 unspecified atom stereocenters. The number of hydrogen-bond acceptors (Lipinski definition) is 2. The van der Waals surface area contributed by atoms with Crippen LogP contribution in [0.3, 0.4) is 0 Å². The lowest BCUT2D eigenvalue weighted by atomic mass is 10.2. The summed E-state index contributed by atoms with van der Waals surface area (Å²) in [5.41, 5.74) is 7.31. The molecule has 0 aromatic carbocycles. The summed E-state index contributed by atoms with van der Waals surface area (Å²) in [5.74, 6) is -0.206. The van der Waals surface area contributed by atoms with Gasteiger partial charge < -0.3 is 16.0 Å². The van der Waals surface area contributed by atoms with Crippen LogP contribution in [0.25, 0.3) is 11.1 Å². The second-order valence-corrected chi connectivity index (χ2v) is 4.80. The van der Waals surface area contributed by atoms with Gasteiger partial charge in [-0.3, -0.25) is 4.79 Å². The third kappa shape index (κ3) is 2.77. The van der Waals surface area contributed by atoms with Crippen molar-refractivity contribution in [1.82, 2.24) is 10.3 Å². The number of nitrogens with one attached hydrogen (secondary N) is 2. The van der Waals surface area contributed by atoms with Crippen LogP contribution in [0.4, 0.5) is 0 Å². The minimum Gasteiger partial charge on any atom is -0.350 e. The highest BCUT2D eigenvalue weighted by Gasteiger charge is 2.16. The normalized spacial score (nSPS) is 14.4. The number of carbonyl (C=O) groups excluding carboxylic acids is 1. The number of nitrogens with two attached hydrogens (primary N) is 1.